The molecule has 238 valence electrons. The number of halogens is 2. The van der Waals surface area contributed by atoms with Gasteiger partial charge in [0.05, 0.1) is 46.8 Å². The van der Waals surface area contributed by atoms with Crippen molar-refractivity contribution in [2.24, 2.45) is 0 Å². The van der Waals surface area contributed by atoms with Crippen LogP contribution in [0.2, 0.25) is 5.15 Å². The molecule has 1 atom stereocenters. The summed E-state index contributed by atoms with van der Waals surface area (Å²) in [6.07, 6.45) is 5.32. The molecular formula is C30H32Cl2N6O6S. The van der Waals surface area contributed by atoms with Gasteiger partial charge in [0.15, 0.2) is 0 Å². The van der Waals surface area contributed by atoms with Crippen molar-refractivity contribution in [1.82, 2.24) is 25.3 Å². The van der Waals surface area contributed by atoms with Gasteiger partial charge in [0.2, 0.25) is 11.8 Å². The molecule has 0 unspecified atom stereocenters. The molecule has 0 aliphatic heterocycles. The molecule has 0 bridgehead atoms. The number of nitrogens with zero attached hydrogens (tertiary/aromatic N) is 4. The van der Waals surface area contributed by atoms with Crippen LogP contribution in [0.15, 0.2) is 65.8 Å². The van der Waals surface area contributed by atoms with Crippen molar-refractivity contribution in [3.63, 3.8) is 0 Å². The fraction of sp³-hybridized carbons (Fsp3) is 0.300. The highest BCUT2D eigenvalue weighted by molar-refractivity contribution is 7.92. The van der Waals surface area contributed by atoms with Crippen LogP contribution in [0.1, 0.15) is 40.0 Å². The topological polar surface area (TPSA) is 166 Å². The van der Waals surface area contributed by atoms with E-state index in [9.17, 15) is 18.3 Å². The van der Waals surface area contributed by atoms with Crippen LogP contribution in [0.4, 0.5) is 5.95 Å². The summed E-state index contributed by atoms with van der Waals surface area (Å²) >= 11 is 5.98. The molecule has 5 rings (SSSR count). The van der Waals surface area contributed by atoms with Gasteiger partial charge in [-0.15, -0.1) is 12.4 Å². The van der Waals surface area contributed by atoms with Gasteiger partial charge in [0.25, 0.3) is 10.0 Å². The summed E-state index contributed by atoms with van der Waals surface area (Å²) in [5.74, 6) is -1.34. The van der Waals surface area contributed by atoms with E-state index in [1.54, 1.807) is 12.3 Å². The van der Waals surface area contributed by atoms with Gasteiger partial charge in [-0.25, -0.2) is 27.9 Å². The first-order valence-electron chi connectivity index (χ1n) is 13.8. The van der Waals surface area contributed by atoms with E-state index < -0.39 is 16.0 Å². The lowest BCUT2D eigenvalue weighted by Gasteiger charge is -2.20. The molecule has 45 heavy (non-hydrogen) atoms. The summed E-state index contributed by atoms with van der Waals surface area (Å²) < 4.78 is 41.0. The van der Waals surface area contributed by atoms with Crippen LogP contribution < -0.4 is 14.8 Å². The van der Waals surface area contributed by atoms with Crippen molar-refractivity contribution in [3.05, 3.63) is 88.5 Å². The van der Waals surface area contributed by atoms with Crippen molar-refractivity contribution < 1.29 is 27.8 Å². The third kappa shape index (κ3) is 9.31. The van der Waals surface area contributed by atoms with Crippen molar-refractivity contribution in [1.29, 1.82) is 0 Å². The van der Waals surface area contributed by atoms with Gasteiger partial charge in [0.1, 0.15) is 11.8 Å². The minimum Gasteiger partial charge on any atom is -0.478 e. The van der Waals surface area contributed by atoms with Crippen LogP contribution in [0, 0.1) is 13.8 Å². The Kier molecular flexibility index (Phi) is 11.3. The highest BCUT2D eigenvalue weighted by atomic mass is 35.5. The van der Waals surface area contributed by atoms with E-state index in [0.717, 1.165) is 35.6 Å². The van der Waals surface area contributed by atoms with Crippen LogP contribution in [-0.4, -0.2) is 64.8 Å². The van der Waals surface area contributed by atoms with Gasteiger partial charge in [-0.05, 0) is 56.0 Å². The average molecular weight is 676 g/mol. The van der Waals surface area contributed by atoms with E-state index in [1.807, 2.05) is 32.0 Å². The number of carbonyl (C=O) groups is 1. The monoisotopic (exact) mass is 674 g/mol. The molecule has 2 aromatic heterocycles. The van der Waals surface area contributed by atoms with Crippen LogP contribution >= 0.6 is 24.0 Å². The Hall–Kier alpha value is -3.88. The van der Waals surface area contributed by atoms with Gasteiger partial charge in [-0.3, -0.25) is 4.98 Å². The molecule has 1 fully saturated rings. The predicted octanol–water partition coefficient (Wildman–Crippen LogP) is 4.84. The van der Waals surface area contributed by atoms with Crippen LogP contribution in [0.5, 0.6) is 5.88 Å². The Balaban J connectivity index is 0.00000461. The number of rotatable bonds is 14. The molecule has 15 heteroatoms. The molecule has 1 saturated carbocycles. The van der Waals surface area contributed by atoms with Gasteiger partial charge in [-0.1, -0.05) is 35.9 Å². The summed E-state index contributed by atoms with van der Waals surface area (Å²) in [5.41, 5.74) is 3.60. The smallest absolute Gasteiger partial charge is 0.335 e. The standard InChI is InChI=1S/C30H31ClN6O6S.ClH/c1-18-5-3-6-19(2)28(18)25-12-27(36-30(35-25)37-44(40,41)24-8-4-7-20(11-24)29(38)39)43-17-22(16-42-23-9-10-23)33-14-21-13-32-15-26(31)34-21;/h3-8,11-13,15,22-23,33H,9-10,14,16-17H2,1-2H3,(H,38,39)(H,35,36,37);1H/t22-;/m1./s1. The molecule has 0 radical (unpaired) electrons. The second kappa shape index (κ2) is 14.9. The maximum Gasteiger partial charge on any atom is 0.335 e. The maximum atomic E-state index is 13.3. The quantitative estimate of drug-likeness (QED) is 0.167. The minimum atomic E-state index is -4.24. The summed E-state index contributed by atoms with van der Waals surface area (Å²) in [4.78, 5) is 28.4. The molecule has 0 saturated heterocycles. The molecule has 1 aliphatic rings. The Labute approximate surface area is 272 Å². The first-order chi connectivity index (χ1) is 21.1. The van der Waals surface area contributed by atoms with Crippen molar-refractivity contribution >= 4 is 45.9 Å². The van der Waals surface area contributed by atoms with Crippen molar-refractivity contribution in [3.8, 4) is 17.1 Å². The molecule has 2 aromatic carbocycles. The van der Waals surface area contributed by atoms with Crippen molar-refractivity contribution in [2.75, 3.05) is 17.9 Å². The zero-order valence-corrected chi connectivity index (χ0v) is 26.8. The number of anilines is 1. The fourth-order valence-corrected chi connectivity index (χ4v) is 5.57. The number of nitrogens with one attached hydrogen (secondary N) is 2. The van der Waals surface area contributed by atoms with E-state index in [1.165, 1.54) is 24.4 Å². The molecule has 3 N–H and O–H groups in total. The Morgan fingerprint density at radius 3 is 2.47 bits per heavy atom. The lowest BCUT2D eigenvalue weighted by molar-refractivity contribution is 0.0696. The lowest BCUT2D eigenvalue weighted by atomic mass is 10.00. The van der Waals surface area contributed by atoms with E-state index in [4.69, 9.17) is 21.1 Å². The van der Waals surface area contributed by atoms with E-state index >= 15 is 0 Å². The number of hydrogen-bond acceptors (Lipinski definition) is 10. The molecule has 0 amide bonds. The summed E-state index contributed by atoms with van der Waals surface area (Å²) in [5, 5.41) is 13.0. The van der Waals surface area contributed by atoms with Crippen molar-refractivity contribution in [2.45, 2.75) is 50.3 Å². The number of carboxylic acids is 1. The normalized spacial score (nSPS) is 13.5. The van der Waals surface area contributed by atoms with Gasteiger partial charge in [-0.2, -0.15) is 4.98 Å². The Morgan fingerprint density at radius 1 is 1.04 bits per heavy atom. The van der Waals surface area contributed by atoms with Gasteiger partial charge in [0, 0.05) is 24.4 Å². The number of ether oxygens (including phenoxy) is 2. The highest BCUT2D eigenvalue weighted by Crippen LogP contribution is 2.30. The zero-order chi connectivity index (χ0) is 31.3. The second-order valence-corrected chi connectivity index (χ2v) is 12.4. The SMILES string of the molecule is Cc1cccc(C)c1-c1cc(OC[C@@H](COC2CC2)NCc2cncc(Cl)n2)nc(NS(=O)(=O)c2cccc(C(=O)O)c2)n1.Cl. The van der Waals surface area contributed by atoms with Crippen LogP contribution in [-0.2, 0) is 21.3 Å². The number of benzene rings is 2. The van der Waals surface area contributed by atoms with Crippen LogP contribution in [0.25, 0.3) is 11.3 Å². The third-order valence-corrected chi connectivity index (χ3v) is 8.28. The summed E-state index contributed by atoms with van der Waals surface area (Å²) in [7, 11) is -4.24. The maximum absolute atomic E-state index is 13.3. The lowest BCUT2D eigenvalue weighted by Crippen LogP contribution is -2.39. The first kappa shape index (κ1) is 34.0. The first-order valence-corrected chi connectivity index (χ1v) is 15.7. The van der Waals surface area contributed by atoms with Gasteiger partial charge >= 0.3 is 5.97 Å². The molecule has 2 heterocycles. The number of aryl methyl sites for hydroxylation is 2. The van der Waals surface area contributed by atoms with Crippen LogP contribution in [0.3, 0.4) is 0 Å². The predicted molar refractivity (Wildman–Crippen MR) is 171 cm³/mol. The Morgan fingerprint density at radius 2 is 1.78 bits per heavy atom. The Bertz CT molecular complexity index is 1750. The third-order valence-electron chi connectivity index (χ3n) is 6.77. The number of aromatic carboxylic acids is 1. The largest absolute Gasteiger partial charge is 0.478 e. The van der Waals surface area contributed by atoms with E-state index in [-0.39, 0.29) is 58.6 Å². The molecule has 4 aromatic rings. The number of sulfonamides is 1. The second-order valence-electron chi connectivity index (χ2n) is 10.4. The number of carboxylic acid groups (broad SMARTS) is 1. The molecule has 0 spiro atoms. The number of aromatic nitrogens is 4. The van der Waals surface area contributed by atoms with E-state index in [0.29, 0.717) is 24.5 Å². The van der Waals surface area contributed by atoms with E-state index in [2.05, 4.69) is 30.0 Å². The van der Waals surface area contributed by atoms with Gasteiger partial charge < -0.3 is 19.9 Å². The fourth-order valence-electron chi connectivity index (χ4n) is 4.42. The molecular weight excluding hydrogens is 643 g/mol. The molecule has 12 nitrogen and oxygen atoms in total. The minimum absolute atomic E-state index is 0. The zero-order valence-electron chi connectivity index (χ0n) is 24.4. The summed E-state index contributed by atoms with van der Waals surface area (Å²) in [6.45, 7) is 4.73. The average Bonchev–Trinajstić information content (AvgIpc) is 3.81. The molecule has 1 aliphatic carbocycles. The number of hydrogen-bond donors (Lipinski definition) is 3. The highest BCUT2D eigenvalue weighted by Gasteiger charge is 2.25. The summed E-state index contributed by atoms with van der Waals surface area (Å²) in [6, 6.07) is 12.2.